The van der Waals surface area contributed by atoms with Crippen molar-refractivity contribution in [2.45, 2.75) is 18.9 Å². The normalized spacial score (nSPS) is 22.4. The minimum absolute atomic E-state index is 0.0771. The fourth-order valence-corrected chi connectivity index (χ4v) is 3.58. The Labute approximate surface area is 100 Å². The molecule has 1 aromatic rings. The molecule has 88 valence electrons. The summed E-state index contributed by atoms with van der Waals surface area (Å²) < 4.78 is 25.0. The van der Waals surface area contributed by atoms with E-state index in [0.29, 0.717) is 6.54 Å². The minimum Gasteiger partial charge on any atom is -0.265 e. The number of hydrogen-bond donors (Lipinski definition) is 0. The Morgan fingerprint density at radius 1 is 1.44 bits per heavy atom. The summed E-state index contributed by atoms with van der Waals surface area (Å²) in [5, 5.41) is -0.353. The van der Waals surface area contributed by atoms with E-state index in [9.17, 15) is 8.42 Å². The lowest BCUT2D eigenvalue weighted by Gasteiger charge is -2.23. The van der Waals surface area contributed by atoms with Crippen LogP contribution in [-0.2, 0) is 10.0 Å². The molecule has 1 unspecified atom stereocenters. The summed E-state index contributed by atoms with van der Waals surface area (Å²) in [7, 11) is -3.32. The first kappa shape index (κ1) is 11.8. The first-order valence-corrected chi connectivity index (χ1v) is 7.25. The third kappa shape index (κ3) is 2.21. The molecule has 0 spiro atoms. The second kappa shape index (κ2) is 4.69. The fraction of sp³-hybridized carbons (Fsp3) is 0.500. The maximum atomic E-state index is 11.8. The summed E-state index contributed by atoms with van der Waals surface area (Å²) in [6, 6.07) is 3.63. The van der Waals surface area contributed by atoms with Gasteiger partial charge in [0.25, 0.3) is 0 Å². The Balaban J connectivity index is 2.29. The zero-order chi connectivity index (χ0) is 11.6. The molecule has 0 N–H and O–H groups in total. The van der Waals surface area contributed by atoms with Crippen molar-refractivity contribution in [3.05, 3.63) is 30.1 Å². The summed E-state index contributed by atoms with van der Waals surface area (Å²) in [5.41, 5.74) is 0.987. The Morgan fingerprint density at radius 2 is 2.12 bits per heavy atom. The molecule has 0 aromatic carbocycles. The first-order chi connectivity index (χ1) is 7.65. The van der Waals surface area contributed by atoms with Gasteiger partial charge in [-0.15, -0.1) is 11.6 Å². The summed E-state index contributed by atoms with van der Waals surface area (Å²) in [6.07, 6.45) is 5.08. The van der Waals surface area contributed by atoms with Gasteiger partial charge in [-0.25, -0.2) is 8.42 Å². The molecular weight excluding hydrogens is 248 g/mol. The first-order valence-electron chi connectivity index (χ1n) is 5.10. The average Bonchev–Trinajstić information content (AvgIpc) is 2.80. The van der Waals surface area contributed by atoms with Crippen molar-refractivity contribution in [3.8, 4) is 0 Å². The zero-order valence-corrected chi connectivity index (χ0v) is 10.3. The Morgan fingerprint density at radius 3 is 2.75 bits per heavy atom. The lowest BCUT2D eigenvalue weighted by atomic mass is 10.1. The molecule has 0 amide bonds. The third-order valence-electron chi connectivity index (χ3n) is 2.79. The highest BCUT2D eigenvalue weighted by molar-refractivity contribution is 7.90. The van der Waals surface area contributed by atoms with Gasteiger partial charge in [-0.1, -0.05) is 0 Å². The van der Waals surface area contributed by atoms with Crippen molar-refractivity contribution in [2.75, 3.05) is 11.8 Å². The summed E-state index contributed by atoms with van der Waals surface area (Å²) >= 11 is 5.48. The second-order valence-corrected chi connectivity index (χ2v) is 6.28. The minimum atomic E-state index is -3.32. The largest absolute Gasteiger partial charge is 0.265 e. The fourth-order valence-electron chi connectivity index (χ4n) is 2.05. The van der Waals surface area contributed by atoms with Gasteiger partial charge in [0.1, 0.15) is 5.21 Å². The van der Waals surface area contributed by atoms with Gasteiger partial charge >= 0.3 is 0 Å². The predicted molar refractivity (Wildman–Crippen MR) is 62.6 cm³/mol. The van der Waals surface area contributed by atoms with Crippen LogP contribution in [-0.4, -0.2) is 29.5 Å². The van der Waals surface area contributed by atoms with Crippen molar-refractivity contribution < 1.29 is 8.42 Å². The Hall–Kier alpha value is -0.650. The Kier molecular flexibility index (Phi) is 3.47. The molecule has 1 aliphatic rings. The number of sulfonamides is 1. The third-order valence-corrected chi connectivity index (χ3v) is 5.04. The van der Waals surface area contributed by atoms with Gasteiger partial charge < -0.3 is 0 Å². The van der Waals surface area contributed by atoms with E-state index < -0.39 is 10.0 Å². The second-order valence-electron chi connectivity index (χ2n) is 3.77. The van der Waals surface area contributed by atoms with Gasteiger partial charge in [-0.3, -0.25) is 4.98 Å². The van der Waals surface area contributed by atoms with Crippen molar-refractivity contribution >= 4 is 21.6 Å². The smallest absolute Gasteiger partial charge is 0.228 e. The molecule has 1 atom stereocenters. The molecule has 2 heterocycles. The van der Waals surface area contributed by atoms with E-state index in [0.717, 1.165) is 18.4 Å². The summed E-state index contributed by atoms with van der Waals surface area (Å²) in [4.78, 5) is 3.93. The number of nitrogens with zero attached hydrogens (tertiary/aromatic N) is 2. The van der Waals surface area contributed by atoms with Gasteiger partial charge in [0, 0.05) is 25.0 Å². The molecule has 4 nitrogen and oxygen atoms in total. The maximum absolute atomic E-state index is 11.8. The average molecular weight is 261 g/mol. The molecule has 16 heavy (non-hydrogen) atoms. The summed E-state index contributed by atoms with van der Waals surface area (Å²) in [5.74, 6) is 0. The lowest BCUT2D eigenvalue weighted by molar-refractivity contribution is 0.399. The van der Waals surface area contributed by atoms with E-state index in [1.54, 1.807) is 12.4 Å². The topological polar surface area (TPSA) is 50.3 Å². The van der Waals surface area contributed by atoms with Crippen LogP contribution in [0.4, 0.5) is 0 Å². The lowest BCUT2D eigenvalue weighted by Crippen LogP contribution is -2.31. The van der Waals surface area contributed by atoms with Crippen LogP contribution in [0.15, 0.2) is 24.5 Å². The maximum Gasteiger partial charge on any atom is 0.228 e. The van der Waals surface area contributed by atoms with Crippen molar-refractivity contribution in [1.82, 2.24) is 9.29 Å². The van der Waals surface area contributed by atoms with E-state index in [1.807, 2.05) is 12.1 Å². The standard InChI is InChI=1S/C10H13ClN2O2S/c11-8-16(14,15)13-7-1-2-10(13)9-3-5-12-6-4-9/h3-6,10H,1-2,7-8H2. The molecule has 0 aliphatic carbocycles. The number of pyridine rings is 1. The van der Waals surface area contributed by atoms with Crippen LogP contribution < -0.4 is 0 Å². The van der Waals surface area contributed by atoms with Crippen molar-refractivity contribution in [1.29, 1.82) is 0 Å². The van der Waals surface area contributed by atoms with Crippen LogP contribution in [0.2, 0.25) is 0 Å². The molecule has 0 saturated carbocycles. The quantitative estimate of drug-likeness (QED) is 0.778. The van der Waals surface area contributed by atoms with E-state index in [-0.39, 0.29) is 11.3 Å². The van der Waals surface area contributed by atoms with Crippen molar-refractivity contribution in [2.24, 2.45) is 0 Å². The molecule has 1 aliphatic heterocycles. The van der Waals surface area contributed by atoms with Crippen LogP contribution in [0.5, 0.6) is 0 Å². The molecule has 0 bridgehead atoms. The monoisotopic (exact) mass is 260 g/mol. The molecule has 1 saturated heterocycles. The van der Waals surface area contributed by atoms with Gasteiger partial charge in [-0.2, -0.15) is 4.31 Å². The van der Waals surface area contributed by atoms with Gasteiger partial charge in [0.05, 0.1) is 0 Å². The van der Waals surface area contributed by atoms with Gasteiger partial charge in [0.2, 0.25) is 10.0 Å². The zero-order valence-electron chi connectivity index (χ0n) is 8.71. The van der Waals surface area contributed by atoms with E-state index >= 15 is 0 Å². The van der Waals surface area contributed by atoms with Crippen LogP contribution >= 0.6 is 11.6 Å². The SMILES string of the molecule is O=S(=O)(CCl)N1CCCC1c1ccncc1. The van der Waals surface area contributed by atoms with Crippen LogP contribution in [0.3, 0.4) is 0 Å². The predicted octanol–water partition coefficient (Wildman–Crippen LogP) is 1.74. The van der Waals surface area contributed by atoms with E-state index in [2.05, 4.69) is 4.98 Å². The summed E-state index contributed by atoms with van der Waals surface area (Å²) in [6.45, 7) is 0.558. The molecule has 1 aromatic heterocycles. The highest BCUT2D eigenvalue weighted by Crippen LogP contribution is 2.34. The van der Waals surface area contributed by atoms with E-state index in [4.69, 9.17) is 11.6 Å². The number of halogens is 1. The van der Waals surface area contributed by atoms with Gasteiger partial charge in [0.15, 0.2) is 0 Å². The highest BCUT2D eigenvalue weighted by atomic mass is 35.5. The van der Waals surface area contributed by atoms with Crippen LogP contribution in [0.25, 0.3) is 0 Å². The van der Waals surface area contributed by atoms with Crippen molar-refractivity contribution in [3.63, 3.8) is 0 Å². The van der Waals surface area contributed by atoms with Gasteiger partial charge in [-0.05, 0) is 30.5 Å². The molecule has 6 heteroatoms. The Bertz CT molecular complexity index is 449. The molecule has 0 radical (unpaired) electrons. The molecule has 2 rings (SSSR count). The van der Waals surface area contributed by atoms with Crippen LogP contribution in [0, 0.1) is 0 Å². The number of hydrogen-bond acceptors (Lipinski definition) is 3. The number of alkyl halides is 1. The highest BCUT2D eigenvalue weighted by Gasteiger charge is 2.34. The molecular formula is C10H13ClN2O2S. The number of aromatic nitrogens is 1. The van der Waals surface area contributed by atoms with E-state index in [1.165, 1.54) is 4.31 Å². The number of rotatable bonds is 3. The molecule has 1 fully saturated rings. The van der Waals surface area contributed by atoms with Crippen LogP contribution in [0.1, 0.15) is 24.4 Å².